The Morgan fingerprint density at radius 3 is 2.00 bits per heavy atom. The zero-order valence-electron chi connectivity index (χ0n) is 12.0. The number of hydrogen-bond donors (Lipinski definition) is 1. The van der Waals surface area contributed by atoms with Gasteiger partial charge in [0.15, 0.2) is 0 Å². The number of carboxylic acid groups (broad SMARTS) is 1. The molecule has 0 aliphatic carbocycles. The third kappa shape index (κ3) is 2.17. The Hall–Kier alpha value is -2.78. The van der Waals surface area contributed by atoms with Gasteiger partial charge >= 0.3 is 5.97 Å². The SMILES string of the molecule is O=C(O)c1cc(Cl)cc(-n2c3ccccc3c3ccccc32)c1. The van der Waals surface area contributed by atoms with Crippen molar-refractivity contribution in [3.8, 4) is 5.69 Å². The Morgan fingerprint density at radius 2 is 1.43 bits per heavy atom. The first-order valence-electron chi connectivity index (χ1n) is 7.17. The van der Waals surface area contributed by atoms with Crippen molar-refractivity contribution < 1.29 is 9.90 Å². The van der Waals surface area contributed by atoms with Gasteiger partial charge < -0.3 is 9.67 Å². The van der Waals surface area contributed by atoms with Crippen LogP contribution in [0.25, 0.3) is 27.5 Å². The molecule has 0 amide bonds. The Balaban J connectivity index is 2.14. The van der Waals surface area contributed by atoms with Crippen LogP contribution < -0.4 is 0 Å². The molecule has 3 nitrogen and oxygen atoms in total. The second-order valence-electron chi connectivity index (χ2n) is 5.37. The molecule has 0 unspecified atom stereocenters. The summed E-state index contributed by atoms with van der Waals surface area (Å²) in [6.45, 7) is 0. The van der Waals surface area contributed by atoms with Crippen molar-refractivity contribution in [2.45, 2.75) is 0 Å². The molecule has 0 saturated heterocycles. The minimum Gasteiger partial charge on any atom is -0.478 e. The van der Waals surface area contributed by atoms with E-state index in [1.54, 1.807) is 12.1 Å². The molecule has 0 aliphatic heterocycles. The number of carboxylic acids is 1. The highest BCUT2D eigenvalue weighted by atomic mass is 35.5. The lowest BCUT2D eigenvalue weighted by molar-refractivity contribution is 0.0697. The lowest BCUT2D eigenvalue weighted by Crippen LogP contribution is -2.00. The van der Waals surface area contributed by atoms with E-state index in [-0.39, 0.29) is 5.56 Å². The van der Waals surface area contributed by atoms with E-state index in [0.29, 0.717) is 5.02 Å². The predicted molar refractivity (Wildman–Crippen MR) is 92.8 cm³/mol. The number of aromatic carboxylic acids is 1. The Bertz CT molecular complexity index is 1010. The Kier molecular flexibility index (Phi) is 3.10. The van der Waals surface area contributed by atoms with Crippen molar-refractivity contribution in [1.29, 1.82) is 0 Å². The number of para-hydroxylation sites is 2. The molecule has 1 heterocycles. The monoisotopic (exact) mass is 321 g/mol. The Labute approximate surface area is 137 Å². The largest absolute Gasteiger partial charge is 0.478 e. The van der Waals surface area contributed by atoms with Gasteiger partial charge in [-0.2, -0.15) is 0 Å². The zero-order chi connectivity index (χ0) is 16.0. The van der Waals surface area contributed by atoms with Gasteiger partial charge in [-0.1, -0.05) is 48.0 Å². The molecular formula is C19H12ClNO2. The van der Waals surface area contributed by atoms with Gasteiger partial charge in [0.25, 0.3) is 0 Å². The van der Waals surface area contributed by atoms with Crippen molar-refractivity contribution in [1.82, 2.24) is 4.57 Å². The van der Waals surface area contributed by atoms with E-state index in [4.69, 9.17) is 11.6 Å². The maximum absolute atomic E-state index is 11.3. The van der Waals surface area contributed by atoms with E-state index in [9.17, 15) is 9.90 Å². The predicted octanol–water partition coefficient (Wildman–Crippen LogP) is 5.14. The maximum Gasteiger partial charge on any atom is 0.335 e. The van der Waals surface area contributed by atoms with Crippen molar-refractivity contribution >= 4 is 39.4 Å². The number of hydrogen-bond acceptors (Lipinski definition) is 1. The van der Waals surface area contributed by atoms with Crippen molar-refractivity contribution in [2.75, 3.05) is 0 Å². The summed E-state index contributed by atoms with van der Waals surface area (Å²) in [6, 6.07) is 21.0. The molecule has 112 valence electrons. The number of halogens is 1. The van der Waals surface area contributed by atoms with Crippen LogP contribution in [0.5, 0.6) is 0 Å². The highest BCUT2D eigenvalue weighted by molar-refractivity contribution is 6.31. The van der Waals surface area contributed by atoms with E-state index >= 15 is 0 Å². The van der Waals surface area contributed by atoms with Gasteiger partial charge in [0.1, 0.15) is 0 Å². The molecule has 0 fully saturated rings. The molecular weight excluding hydrogens is 310 g/mol. The van der Waals surface area contributed by atoms with Crippen LogP contribution in [0, 0.1) is 0 Å². The van der Waals surface area contributed by atoms with Crippen molar-refractivity contribution in [3.63, 3.8) is 0 Å². The van der Waals surface area contributed by atoms with Gasteiger partial charge in [-0.05, 0) is 30.3 Å². The van der Waals surface area contributed by atoms with E-state index < -0.39 is 5.97 Å². The molecule has 0 bridgehead atoms. The summed E-state index contributed by atoms with van der Waals surface area (Å²) >= 11 is 6.14. The molecule has 4 aromatic rings. The molecule has 3 aromatic carbocycles. The van der Waals surface area contributed by atoms with Crippen LogP contribution in [-0.2, 0) is 0 Å². The number of fused-ring (bicyclic) bond motifs is 3. The van der Waals surface area contributed by atoms with Gasteiger partial charge in [0, 0.05) is 21.5 Å². The van der Waals surface area contributed by atoms with Gasteiger partial charge in [-0.25, -0.2) is 4.79 Å². The molecule has 0 aliphatic rings. The summed E-state index contributed by atoms with van der Waals surface area (Å²) in [7, 11) is 0. The van der Waals surface area contributed by atoms with Crippen LogP contribution in [0.1, 0.15) is 10.4 Å². The Morgan fingerprint density at radius 1 is 0.870 bits per heavy atom. The van der Waals surface area contributed by atoms with Gasteiger partial charge in [0.2, 0.25) is 0 Å². The second kappa shape index (κ2) is 5.14. The fourth-order valence-corrected chi connectivity index (χ4v) is 3.26. The summed E-state index contributed by atoms with van der Waals surface area (Å²) in [5.41, 5.74) is 2.96. The van der Waals surface area contributed by atoms with Crippen LogP contribution in [0.2, 0.25) is 5.02 Å². The summed E-state index contributed by atoms with van der Waals surface area (Å²) in [4.78, 5) is 11.3. The van der Waals surface area contributed by atoms with Crippen LogP contribution in [0.15, 0.2) is 66.7 Å². The lowest BCUT2D eigenvalue weighted by atomic mass is 10.2. The van der Waals surface area contributed by atoms with E-state index in [0.717, 1.165) is 27.5 Å². The molecule has 23 heavy (non-hydrogen) atoms. The average Bonchev–Trinajstić information content (AvgIpc) is 2.89. The molecule has 0 spiro atoms. The first-order chi connectivity index (χ1) is 11.1. The molecule has 1 N–H and O–H groups in total. The summed E-state index contributed by atoms with van der Waals surface area (Å²) < 4.78 is 2.04. The lowest BCUT2D eigenvalue weighted by Gasteiger charge is -2.09. The minimum absolute atomic E-state index is 0.175. The van der Waals surface area contributed by atoms with E-state index in [2.05, 4.69) is 12.1 Å². The van der Waals surface area contributed by atoms with Crippen LogP contribution >= 0.6 is 11.6 Å². The van der Waals surface area contributed by atoms with Crippen LogP contribution in [-0.4, -0.2) is 15.6 Å². The third-order valence-corrected chi connectivity index (χ3v) is 4.19. The number of carbonyl (C=O) groups is 1. The number of benzene rings is 3. The topological polar surface area (TPSA) is 42.2 Å². The highest BCUT2D eigenvalue weighted by Crippen LogP contribution is 2.32. The number of rotatable bonds is 2. The maximum atomic E-state index is 11.3. The zero-order valence-corrected chi connectivity index (χ0v) is 12.8. The third-order valence-electron chi connectivity index (χ3n) is 3.97. The summed E-state index contributed by atoms with van der Waals surface area (Å²) in [5.74, 6) is -0.991. The molecule has 0 radical (unpaired) electrons. The molecule has 1 aromatic heterocycles. The first-order valence-corrected chi connectivity index (χ1v) is 7.55. The molecule has 4 rings (SSSR count). The van der Waals surface area contributed by atoms with Gasteiger partial charge in [-0.15, -0.1) is 0 Å². The van der Waals surface area contributed by atoms with Crippen molar-refractivity contribution in [3.05, 3.63) is 77.3 Å². The molecule has 4 heteroatoms. The first kappa shape index (κ1) is 13.9. The highest BCUT2D eigenvalue weighted by Gasteiger charge is 2.13. The average molecular weight is 322 g/mol. The van der Waals surface area contributed by atoms with E-state index in [1.165, 1.54) is 6.07 Å². The number of nitrogens with zero attached hydrogens (tertiary/aromatic N) is 1. The minimum atomic E-state index is -0.991. The van der Waals surface area contributed by atoms with Gasteiger partial charge in [-0.3, -0.25) is 0 Å². The van der Waals surface area contributed by atoms with E-state index in [1.807, 2.05) is 41.0 Å². The molecule has 0 saturated carbocycles. The quantitative estimate of drug-likeness (QED) is 0.555. The fraction of sp³-hybridized carbons (Fsp3) is 0. The standard InChI is InChI=1S/C19H12ClNO2/c20-13-9-12(19(22)23)10-14(11-13)21-17-7-3-1-5-15(17)16-6-2-4-8-18(16)21/h1-11H,(H,22,23). The normalized spacial score (nSPS) is 11.2. The molecule has 0 atom stereocenters. The van der Waals surface area contributed by atoms with Crippen LogP contribution in [0.3, 0.4) is 0 Å². The fourth-order valence-electron chi connectivity index (χ4n) is 3.03. The van der Waals surface area contributed by atoms with Crippen LogP contribution in [0.4, 0.5) is 0 Å². The summed E-state index contributed by atoms with van der Waals surface area (Å²) in [6.07, 6.45) is 0. The summed E-state index contributed by atoms with van der Waals surface area (Å²) in [5, 5.41) is 11.9. The van der Waals surface area contributed by atoms with Gasteiger partial charge in [0.05, 0.1) is 16.6 Å². The van der Waals surface area contributed by atoms with Crippen molar-refractivity contribution in [2.24, 2.45) is 0 Å². The smallest absolute Gasteiger partial charge is 0.335 e. The second-order valence-corrected chi connectivity index (χ2v) is 5.81. The number of aromatic nitrogens is 1.